The number of hydrogen-bond donors (Lipinski definition) is 2. The molecule has 1 unspecified atom stereocenters. The normalized spacial score (nSPS) is 12.7. The van der Waals surface area contributed by atoms with Gasteiger partial charge in [-0.05, 0) is 39.8 Å². The van der Waals surface area contributed by atoms with E-state index in [0.29, 0.717) is 5.82 Å². The first-order chi connectivity index (χ1) is 10.6. The van der Waals surface area contributed by atoms with Gasteiger partial charge < -0.3 is 10.6 Å². The van der Waals surface area contributed by atoms with Crippen LogP contribution in [0.2, 0.25) is 0 Å². The molecule has 0 aliphatic heterocycles. The Balaban J connectivity index is 2.44. The monoisotopic (exact) mass is 341 g/mol. The fourth-order valence-corrected chi connectivity index (χ4v) is 3.02. The maximum absolute atomic E-state index is 11.9. The van der Waals surface area contributed by atoms with Crippen LogP contribution in [0.3, 0.4) is 0 Å². The van der Waals surface area contributed by atoms with Gasteiger partial charge in [0.15, 0.2) is 9.84 Å². The third-order valence-electron chi connectivity index (χ3n) is 3.33. The van der Waals surface area contributed by atoms with Gasteiger partial charge in [0.1, 0.15) is 11.1 Å². The van der Waals surface area contributed by atoms with Crippen LogP contribution in [0.1, 0.15) is 32.9 Å². The molecule has 8 heteroatoms. The maximum Gasteiger partial charge on any atom is 0.238 e. The standard InChI is InChI=1S/C15H23N3O4S/c1-10(2)23(21,22)12(4)15(20)16-9-8-14(19)18-13-7-5-6-11(3)17-13/h5-7,10,12H,8-9H2,1-4H3,(H,16,20)(H,17,18,19). The highest BCUT2D eigenvalue weighted by Crippen LogP contribution is 2.09. The molecule has 2 amide bonds. The van der Waals surface area contributed by atoms with E-state index in [1.54, 1.807) is 12.1 Å². The third kappa shape index (κ3) is 5.63. The minimum atomic E-state index is -3.50. The van der Waals surface area contributed by atoms with Gasteiger partial charge in [0.05, 0.1) is 5.25 Å². The van der Waals surface area contributed by atoms with Crippen molar-refractivity contribution in [1.29, 1.82) is 0 Å². The Bertz CT molecular complexity index is 671. The van der Waals surface area contributed by atoms with Gasteiger partial charge in [0, 0.05) is 18.7 Å². The van der Waals surface area contributed by atoms with E-state index in [4.69, 9.17) is 0 Å². The molecule has 2 N–H and O–H groups in total. The number of aromatic nitrogens is 1. The average molecular weight is 341 g/mol. The number of anilines is 1. The van der Waals surface area contributed by atoms with E-state index in [-0.39, 0.29) is 18.9 Å². The van der Waals surface area contributed by atoms with Crippen LogP contribution in [0.15, 0.2) is 18.2 Å². The van der Waals surface area contributed by atoms with Crippen molar-refractivity contribution in [1.82, 2.24) is 10.3 Å². The van der Waals surface area contributed by atoms with E-state index in [1.807, 2.05) is 13.0 Å². The van der Waals surface area contributed by atoms with Crippen LogP contribution >= 0.6 is 0 Å². The van der Waals surface area contributed by atoms with Crippen LogP contribution in [-0.2, 0) is 19.4 Å². The minimum Gasteiger partial charge on any atom is -0.354 e. The summed E-state index contributed by atoms with van der Waals surface area (Å²) in [6, 6.07) is 5.26. The van der Waals surface area contributed by atoms with E-state index in [2.05, 4.69) is 15.6 Å². The highest BCUT2D eigenvalue weighted by atomic mass is 32.2. The highest BCUT2D eigenvalue weighted by Gasteiger charge is 2.30. The molecule has 1 aromatic heterocycles. The minimum absolute atomic E-state index is 0.0375. The van der Waals surface area contributed by atoms with Gasteiger partial charge >= 0.3 is 0 Å². The van der Waals surface area contributed by atoms with E-state index in [0.717, 1.165) is 5.69 Å². The zero-order chi connectivity index (χ0) is 17.6. The summed E-state index contributed by atoms with van der Waals surface area (Å²) in [6.07, 6.45) is 0.0375. The molecular formula is C15H23N3O4S. The summed E-state index contributed by atoms with van der Waals surface area (Å²) < 4.78 is 23.8. The summed E-state index contributed by atoms with van der Waals surface area (Å²) in [6.45, 7) is 6.28. The Labute approximate surface area is 136 Å². The van der Waals surface area contributed by atoms with Crippen LogP contribution in [0.25, 0.3) is 0 Å². The molecule has 0 aromatic carbocycles. The number of hydrogen-bond acceptors (Lipinski definition) is 5. The van der Waals surface area contributed by atoms with E-state index in [1.165, 1.54) is 20.8 Å². The number of nitrogens with zero attached hydrogens (tertiary/aromatic N) is 1. The molecule has 0 saturated carbocycles. The average Bonchev–Trinajstić information content (AvgIpc) is 2.46. The maximum atomic E-state index is 11.9. The lowest BCUT2D eigenvalue weighted by atomic mass is 10.3. The first-order valence-corrected chi connectivity index (χ1v) is 8.99. The Morgan fingerprint density at radius 1 is 1.22 bits per heavy atom. The molecule has 1 heterocycles. The second kappa shape index (κ2) is 8.05. The van der Waals surface area contributed by atoms with Gasteiger partial charge in [-0.25, -0.2) is 13.4 Å². The van der Waals surface area contributed by atoms with Gasteiger partial charge in [-0.1, -0.05) is 6.07 Å². The summed E-state index contributed by atoms with van der Waals surface area (Å²) in [5.41, 5.74) is 0.781. The molecule has 1 rings (SSSR count). The predicted molar refractivity (Wildman–Crippen MR) is 88.7 cm³/mol. The number of rotatable bonds is 7. The lowest BCUT2D eigenvalue weighted by molar-refractivity contribution is -0.120. The number of sulfone groups is 1. The summed E-state index contributed by atoms with van der Waals surface area (Å²) in [5.74, 6) is -0.458. The van der Waals surface area contributed by atoms with Gasteiger partial charge in [-0.3, -0.25) is 9.59 Å². The molecule has 1 atom stereocenters. The molecule has 0 fully saturated rings. The number of pyridine rings is 1. The van der Waals surface area contributed by atoms with Gasteiger partial charge in [0.2, 0.25) is 11.8 Å². The SMILES string of the molecule is Cc1cccc(NC(=O)CCNC(=O)C(C)S(=O)(=O)C(C)C)n1. The Hall–Kier alpha value is -1.96. The van der Waals surface area contributed by atoms with Crippen molar-refractivity contribution in [2.24, 2.45) is 0 Å². The van der Waals surface area contributed by atoms with Crippen molar-refractivity contribution < 1.29 is 18.0 Å². The third-order valence-corrected chi connectivity index (χ3v) is 5.84. The van der Waals surface area contributed by atoms with Crippen molar-refractivity contribution in [3.8, 4) is 0 Å². The fraction of sp³-hybridized carbons (Fsp3) is 0.533. The fourth-order valence-electron chi connectivity index (χ4n) is 1.82. The molecule has 128 valence electrons. The van der Waals surface area contributed by atoms with Crippen molar-refractivity contribution in [3.63, 3.8) is 0 Å². The molecule has 0 radical (unpaired) electrons. The Morgan fingerprint density at radius 3 is 2.43 bits per heavy atom. The smallest absolute Gasteiger partial charge is 0.238 e. The molecule has 1 aromatic rings. The van der Waals surface area contributed by atoms with Gasteiger partial charge in [-0.15, -0.1) is 0 Å². The largest absolute Gasteiger partial charge is 0.354 e. The zero-order valence-electron chi connectivity index (χ0n) is 13.8. The number of carbonyl (C=O) groups is 2. The Kier molecular flexibility index (Phi) is 6.68. The molecular weight excluding hydrogens is 318 g/mol. The zero-order valence-corrected chi connectivity index (χ0v) is 14.6. The summed E-state index contributed by atoms with van der Waals surface area (Å²) >= 11 is 0. The van der Waals surface area contributed by atoms with Crippen LogP contribution < -0.4 is 10.6 Å². The number of aryl methyl sites for hydroxylation is 1. The lowest BCUT2D eigenvalue weighted by Gasteiger charge is -2.15. The molecule has 0 saturated heterocycles. The second-order valence-corrected chi connectivity index (χ2v) is 8.36. The van der Waals surface area contributed by atoms with Crippen molar-refractivity contribution in [3.05, 3.63) is 23.9 Å². The van der Waals surface area contributed by atoms with E-state index in [9.17, 15) is 18.0 Å². The first kappa shape index (κ1) is 19.1. The number of amides is 2. The highest BCUT2D eigenvalue weighted by molar-refractivity contribution is 7.93. The molecule has 0 aliphatic carbocycles. The van der Waals surface area contributed by atoms with Crippen molar-refractivity contribution >= 4 is 27.5 Å². The van der Waals surface area contributed by atoms with E-state index < -0.39 is 26.2 Å². The summed E-state index contributed by atoms with van der Waals surface area (Å²) in [7, 11) is -3.50. The van der Waals surface area contributed by atoms with Crippen LogP contribution in [0.4, 0.5) is 5.82 Å². The predicted octanol–water partition coefficient (Wildman–Crippen LogP) is 1.05. The van der Waals surface area contributed by atoms with Gasteiger partial charge in [0.25, 0.3) is 0 Å². The number of nitrogens with one attached hydrogen (secondary N) is 2. The molecule has 0 bridgehead atoms. The first-order valence-electron chi connectivity index (χ1n) is 7.38. The van der Waals surface area contributed by atoms with Crippen LogP contribution in [0.5, 0.6) is 0 Å². The molecule has 23 heavy (non-hydrogen) atoms. The van der Waals surface area contributed by atoms with Crippen LogP contribution in [-0.4, -0.2) is 42.3 Å². The van der Waals surface area contributed by atoms with Crippen molar-refractivity contribution in [2.45, 2.75) is 44.6 Å². The topological polar surface area (TPSA) is 105 Å². The van der Waals surface area contributed by atoms with Gasteiger partial charge in [-0.2, -0.15) is 0 Å². The summed E-state index contributed by atoms with van der Waals surface area (Å²) in [5, 5.41) is 3.33. The lowest BCUT2D eigenvalue weighted by Crippen LogP contribution is -2.41. The molecule has 0 spiro atoms. The number of carbonyl (C=O) groups excluding carboxylic acids is 2. The molecule has 0 aliphatic rings. The molecule has 7 nitrogen and oxygen atoms in total. The Morgan fingerprint density at radius 2 is 1.87 bits per heavy atom. The quantitative estimate of drug-likeness (QED) is 0.771. The summed E-state index contributed by atoms with van der Waals surface area (Å²) in [4.78, 5) is 27.7. The van der Waals surface area contributed by atoms with Crippen LogP contribution in [0, 0.1) is 6.92 Å². The van der Waals surface area contributed by atoms with E-state index >= 15 is 0 Å². The second-order valence-electron chi connectivity index (χ2n) is 5.53. The van der Waals surface area contributed by atoms with Crippen molar-refractivity contribution in [2.75, 3.05) is 11.9 Å².